The summed E-state index contributed by atoms with van der Waals surface area (Å²) in [7, 11) is -4.80. The Balaban J connectivity index is 1.65. The quantitative estimate of drug-likeness (QED) is 0.0876. The molecule has 5 rings (SSSR count). The second-order valence-electron chi connectivity index (χ2n) is 14.9. The van der Waals surface area contributed by atoms with Crippen LogP contribution in [0.15, 0.2) is 71.8 Å². The molecule has 14 nitrogen and oxygen atoms in total. The van der Waals surface area contributed by atoms with Crippen LogP contribution in [-0.2, 0) is 26.4 Å². The van der Waals surface area contributed by atoms with Gasteiger partial charge in [-0.25, -0.2) is 18.1 Å². The van der Waals surface area contributed by atoms with Crippen LogP contribution in [0, 0.1) is 0 Å². The fourth-order valence-electron chi connectivity index (χ4n) is 4.90. The number of sulfonamides is 1. The number of ether oxygens (including phenoxy) is 3. The number of benzene rings is 2. The second kappa shape index (κ2) is 15.6. The highest BCUT2D eigenvalue weighted by atomic mass is 32.2. The number of aryl methyl sites for hydroxylation is 1. The van der Waals surface area contributed by atoms with Crippen molar-refractivity contribution in [3.05, 3.63) is 72.4 Å². The van der Waals surface area contributed by atoms with Crippen molar-refractivity contribution in [1.82, 2.24) is 35.2 Å². The van der Waals surface area contributed by atoms with E-state index in [9.17, 15) is 8.42 Å². The van der Waals surface area contributed by atoms with Gasteiger partial charge in [0.05, 0.1) is 18.6 Å². The molecule has 0 unspecified atom stereocenters. The average molecular weight is 761 g/mol. The third kappa shape index (κ3) is 9.18. The van der Waals surface area contributed by atoms with Gasteiger partial charge in [0, 0.05) is 18.3 Å². The number of tetrazole rings is 1. The lowest BCUT2D eigenvalue weighted by molar-refractivity contribution is 0.195. The van der Waals surface area contributed by atoms with E-state index >= 15 is 0 Å². The third-order valence-electron chi connectivity index (χ3n) is 9.05. The van der Waals surface area contributed by atoms with E-state index in [2.05, 4.69) is 79.9 Å². The minimum absolute atomic E-state index is 0.0136. The number of pyridine rings is 1. The normalized spacial score (nSPS) is 12.4. The molecule has 0 radical (unpaired) electrons. The highest BCUT2D eigenvalue weighted by Crippen LogP contribution is 2.42. The number of hydrogen-bond acceptors (Lipinski definition) is 12. The SMILES string of the molecule is CCn1nnnc1-c1cc(-c2nc(NS(=O)(=O)c3ccc(C(C)(C)C)cc3)c(Oc3ccccc3OC)c(OCCO[Si](C)(C)C(C)(C)C)n2)ccn1. The number of nitrogens with one attached hydrogen (secondary N) is 1. The molecule has 0 saturated heterocycles. The lowest BCUT2D eigenvalue weighted by Gasteiger charge is -2.36. The Hall–Kier alpha value is -4.93. The van der Waals surface area contributed by atoms with Crippen molar-refractivity contribution in [1.29, 1.82) is 0 Å². The van der Waals surface area contributed by atoms with Crippen LogP contribution in [0.5, 0.6) is 23.1 Å². The molecule has 2 aromatic carbocycles. The van der Waals surface area contributed by atoms with Gasteiger partial charge in [-0.1, -0.05) is 65.8 Å². The summed E-state index contributed by atoms with van der Waals surface area (Å²) >= 11 is 0. The van der Waals surface area contributed by atoms with Gasteiger partial charge in [0.25, 0.3) is 15.9 Å². The van der Waals surface area contributed by atoms with E-state index in [0.29, 0.717) is 35.1 Å². The zero-order valence-corrected chi connectivity index (χ0v) is 33.8. The monoisotopic (exact) mass is 760 g/mol. The Bertz CT molecular complexity index is 2150. The lowest BCUT2D eigenvalue weighted by Crippen LogP contribution is -2.41. The van der Waals surface area contributed by atoms with Crippen molar-refractivity contribution in [2.75, 3.05) is 25.0 Å². The molecule has 3 aromatic heterocycles. The molecule has 0 saturated carbocycles. The molecule has 0 amide bonds. The summed E-state index contributed by atoms with van der Waals surface area (Å²) in [5.74, 6) is 1.05. The van der Waals surface area contributed by atoms with Crippen molar-refractivity contribution >= 4 is 24.2 Å². The Morgan fingerprint density at radius 2 is 1.60 bits per heavy atom. The molecule has 53 heavy (non-hydrogen) atoms. The third-order valence-corrected chi connectivity index (χ3v) is 14.9. The van der Waals surface area contributed by atoms with Crippen LogP contribution in [0.1, 0.15) is 54.0 Å². The summed E-state index contributed by atoms with van der Waals surface area (Å²) in [6.45, 7) is 19.8. The number of anilines is 1. The standard InChI is InChI=1S/C37H48N8O6SSi/c1-11-45-34(41-43-44-45)28-24-25(20-21-38-28)32-39-33(42-52(46,47)27-18-16-26(17-19-27)36(2,3)4)31(51-30-15-13-12-14-29(30)48-8)35(40-32)49-22-23-50-53(9,10)37(5,6)7/h12-21,24H,11,22-23H2,1-10H3,(H,39,40,42). The first-order chi connectivity index (χ1) is 24.9. The van der Waals surface area contributed by atoms with Gasteiger partial charge in [0.15, 0.2) is 31.5 Å². The zero-order valence-electron chi connectivity index (χ0n) is 32.0. The van der Waals surface area contributed by atoms with E-state index in [1.54, 1.807) is 71.5 Å². The van der Waals surface area contributed by atoms with Crippen molar-refractivity contribution in [3.63, 3.8) is 0 Å². The molecule has 0 fully saturated rings. The first kappa shape index (κ1) is 39.3. The number of hydrogen-bond donors (Lipinski definition) is 1. The van der Waals surface area contributed by atoms with E-state index in [0.717, 1.165) is 5.56 Å². The Morgan fingerprint density at radius 1 is 0.906 bits per heavy atom. The molecule has 16 heteroatoms. The Kier molecular flexibility index (Phi) is 11.5. The highest BCUT2D eigenvalue weighted by molar-refractivity contribution is 7.92. The van der Waals surface area contributed by atoms with Crippen LogP contribution in [0.4, 0.5) is 5.82 Å². The average Bonchev–Trinajstić information content (AvgIpc) is 3.60. The lowest BCUT2D eigenvalue weighted by atomic mass is 9.87. The number of methoxy groups -OCH3 is 1. The van der Waals surface area contributed by atoms with Crippen LogP contribution in [0.3, 0.4) is 0 Å². The topological polar surface area (TPSA) is 165 Å². The molecule has 0 aliphatic heterocycles. The van der Waals surface area contributed by atoms with Gasteiger partial charge in [-0.05, 0) is 82.9 Å². The molecule has 0 aliphatic rings. The van der Waals surface area contributed by atoms with Crippen molar-refractivity contribution in [2.45, 2.75) is 83.5 Å². The summed E-state index contributed by atoms with van der Waals surface area (Å²) in [5.41, 5.74) is 1.79. The Labute approximate surface area is 312 Å². The van der Waals surface area contributed by atoms with Gasteiger partial charge in [0.1, 0.15) is 12.3 Å². The van der Waals surface area contributed by atoms with E-state index in [1.165, 1.54) is 7.11 Å². The van der Waals surface area contributed by atoms with Crippen molar-refractivity contribution in [3.8, 4) is 46.0 Å². The van der Waals surface area contributed by atoms with Crippen LogP contribution >= 0.6 is 0 Å². The molecule has 0 aliphatic carbocycles. The smallest absolute Gasteiger partial charge is 0.263 e. The molecule has 282 valence electrons. The first-order valence-electron chi connectivity index (χ1n) is 17.3. The van der Waals surface area contributed by atoms with Crippen LogP contribution in [0.2, 0.25) is 18.1 Å². The van der Waals surface area contributed by atoms with Gasteiger partial charge in [-0.2, -0.15) is 4.98 Å². The van der Waals surface area contributed by atoms with Crippen LogP contribution in [-0.4, -0.2) is 72.2 Å². The predicted molar refractivity (Wildman–Crippen MR) is 205 cm³/mol. The minimum atomic E-state index is -4.20. The molecule has 0 bridgehead atoms. The predicted octanol–water partition coefficient (Wildman–Crippen LogP) is 7.51. The fraction of sp³-hybridized carbons (Fsp3) is 0.405. The fourth-order valence-corrected chi connectivity index (χ4v) is 6.93. The van der Waals surface area contributed by atoms with Gasteiger partial charge in [-0.3, -0.25) is 9.71 Å². The van der Waals surface area contributed by atoms with Gasteiger partial charge < -0.3 is 18.6 Å². The summed E-state index contributed by atoms with van der Waals surface area (Å²) in [6.07, 6.45) is 1.58. The molecular formula is C37H48N8O6SSi. The molecule has 3 heterocycles. The van der Waals surface area contributed by atoms with E-state index in [1.807, 2.05) is 6.92 Å². The molecule has 1 N–H and O–H groups in total. The first-order valence-corrected chi connectivity index (χ1v) is 21.7. The van der Waals surface area contributed by atoms with Crippen molar-refractivity contribution < 1.29 is 27.1 Å². The van der Waals surface area contributed by atoms with Gasteiger partial charge >= 0.3 is 0 Å². The maximum atomic E-state index is 14.1. The molecule has 0 atom stereocenters. The summed E-state index contributed by atoms with van der Waals surface area (Å²) in [6, 6.07) is 17.1. The summed E-state index contributed by atoms with van der Waals surface area (Å²) in [5, 5.41) is 11.9. The Morgan fingerprint density at radius 3 is 2.25 bits per heavy atom. The molecule has 0 spiro atoms. The number of para-hydroxylation sites is 2. The van der Waals surface area contributed by atoms with E-state index < -0.39 is 18.3 Å². The second-order valence-corrected chi connectivity index (χ2v) is 21.4. The molecule has 5 aromatic rings. The van der Waals surface area contributed by atoms with Crippen LogP contribution < -0.4 is 18.9 Å². The number of aromatic nitrogens is 7. The van der Waals surface area contributed by atoms with E-state index in [-0.39, 0.29) is 51.8 Å². The van der Waals surface area contributed by atoms with Gasteiger partial charge in [-0.15, -0.1) is 5.10 Å². The minimum Gasteiger partial charge on any atom is -0.493 e. The summed E-state index contributed by atoms with van der Waals surface area (Å²) < 4.78 is 57.0. The maximum absolute atomic E-state index is 14.1. The van der Waals surface area contributed by atoms with E-state index in [4.69, 9.17) is 28.6 Å². The zero-order chi connectivity index (χ0) is 38.6. The largest absolute Gasteiger partial charge is 0.493 e. The highest BCUT2D eigenvalue weighted by Gasteiger charge is 2.37. The molecular weight excluding hydrogens is 713 g/mol. The van der Waals surface area contributed by atoms with Crippen LogP contribution in [0.25, 0.3) is 22.9 Å². The van der Waals surface area contributed by atoms with Crippen molar-refractivity contribution in [2.24, 2.45) is 0 Å². The van der Waals surface area contributed by atoms with Gasteiger partial charge in [0.2, 0.25) is 11.6 Å². The number of nitrogens with zero attached hydrogens (tertiary/aromatic N) is 7. The summed E-state index contributed by atoms with van der Waals surface area (Å²) in [4.78, 5) is 14.0. The maximum Gasteiger partial charge on any atom is 0.263 e. The number of rotatable bonds is 14.